The Balaban J connectivity index is 0.00000144. The molecule has 92 valence electrons. The second-order valence-corrected chi connectivity index (χ2v) is 4.17. The lowest BCUT2D eigenvalue weighted by molar-refractivity contribution is 0.0583. The van der Waals surface area contributed by atoms with Gasteiger partial charge in [0.25, 0.3) is 0 Å². The quantitative estimate of drug-likeness (QED) is 0.879. The van der Waals surface area contributed by atoms with Gasteiger partial charge in [-0.15, -0.1) is 12.4 Å². The van der Waals surface area contributed by atoms with Gasteiger partial charge in [-0.05, 0) is 30.4 Å². The highest BCUT2D eigenvalue weighted by molar-refractivity contribution is 5.85. The molecule has 0 aliphatic carbocycles. The minimum absolute atomic E-state index is 0. The first-order valence-corrected chi connectivity index (χ1v) is 5.65. The van der Waals surface area contributed by atoms with Crippen molar-refractivity contribution in [1.82, 2.24) is 0 Å². The predicted molar refractivity (Wildman–Crippen MR) is 68.9 cm³/mol. The largest absolute Gasteiger partial charge is 0.381 e. The maximum Gasteiger partial charge on any atom is 0.0995 e. The summed E-state index contributed by atoms with van der Waals surface area (Å²) in [5.41, 5.74) is 7.90. The Hall–Kier alpha value is -1.08. The van der Waals surface area contributed by atoms with E-state index in [1.807, 2.05) is 24.3 Å². The van der Waals surface area contributed by atoms with Crippen molar-refractivity contribution in [3.05, 3.63) is 35.4 Å². The molecule has 3 nitrogen and oxygen atoms in total. The number of halogens is 1. The van der Waals surface area contributed by atoms with Crippen LogP contribution in [0.2, 0.25) is 0 Å². The second kappa shape index (κ2) is 6.61. The van der Waals surface area contributed by atoms with Crippen LogP contribution < -0.4 is 5.73 Å². The fourth-order valence-corrected chi connectivity index (χ4v) is 2.22. The molecule has 2 N–H and O–H groups in total. The number of benzene rings is 1. The predicted octanol–water partition coefficient (Wildman–Crippen LogP) is 2.41. The standard InChI is InChI=1S/C13H16N2O.ClH/c14-9-11-3-1-2-4-12(11)13(15)10-5-7-16-8-6-10;/h1-4,10,13H,5-8,15H2;1H/t13-;/m1./s1. The first-order chi connectivity index (χ1) is 7.83. The van der Waals surface area contributed by atoms with Gasteiger partial charge < -0.3 is 10.5 Å². The minimum atomic E-state index is -0.0419. The summed E-state index contributed by atoms with van der Waals surface area (Å²) in [4.78, 5) is 0. The van der Waals surface area contributed by atoms with Crippen LogP contribution in [0.5, 0.6) is 0 Å². The second-order valence-electron chi connectivity index (χ2n) is 4.17. The summed E-state index contributed by atoms with van der Waals surface area (Å²) in [6.45, 7) is 1.57. The maximum absolute atomic E-state index is 9.04. The summed E-state index contributed by atoms with van der Waals surface area (Å²) >= 11 is 0. The summed E-state index contributed by atoms with van der Waals surface area (Å²) in [5, 5.41) is 9.04. The Morgan fingerprint density at radius 1 is 1.29 bits per heavy atom. The SMILES string of the molecule is Cl.N#Cc1ccccc1[C@H](N)C1CCOCC1. The molecule has 0 amide bonds. The summed E-state index contributed by atoms with van der Waals surface area (Å²) in [6.07, 6.45) is 1.97. The Bertz CT molecular complexity index is 397. The van der Waals surface area contributed by atoms with Gasteiger partial charge in [0.05, 0.1) is 11.6 Å². The van der Waals surface area contributed by atoms with Crippen LogP contribution in [0.3, 0.4) is 0 Å². The Morgan fingerprint density at radius 3 is 2.59 bits per heavy atom. The van der Waals surface area contributed by atoms with E-state index in [1.165, 1.54) is 0 Å². The van der Waals surface area contributed by atoms with Crippen LogP contribution in [-0.4, -0.2) is 13.2 Å². The van der Waals surface area contributed by atoms with Crippen molar-refractivity contribution in [2.75, 3.05) is 13.2 Å². The first-order valence-electron chi connectivity index (χ1n) is 5.65. The lowest BCUT2D eigenvalue weighted by atomic mass is 9.86. The van der Waals surface area contributed by atoms with Crippen LogP contribution in [0.1, 0.15) is 30.0 Å². The van der Waals surface area contributed by atoms with Gasteiger partial charge in [-0.1, -0.05) is 18.2 Å². The summed E-state index contributed by atoms with van der Waals surface area (Å²) in [6, 6.07) is 9.76. The van der Waals surface area contributed by atoms with Crippen LogP contribution >= 0.6 is 12.4 Å². The molecule has 0 unspecified atom stereocenters. The van der Waals surface area contributed by atoms with Gasteiger partial charge in [0.2, 0.25) is 0 Å². The van der Waals surface area contributed by atoms with E-state index in [0.717, 1.165) is 31.6 Å². The van der Waals surface area contributed by atoms with Gasteiger partial charge in [0.1, 0.15) is 0 Å². The lowest BCUT2D eigenvalue weighted by Crippen LogP contribution is -2.28. The van der Waals surface area contributed by atoms with Crippen LogP contribution in [0.15, 0.2) is 24.3 Å². The van der Waals surface area contributed by atoms with Crippen LogP contribution in [-0.2, 0) is 4.74 Å². The number of nitrogens with zero attached hydrogens (tertiary/aromatic N) is 1. The minimum Gasteiger partial charge on any atom is -0.381 e. The monoisotopic (exact) mass is 252 g/mol. The van der Waals surface area contributed by atoms with E-state index >= 15 is 0 Å². The van der Waals surface area contributed by atoms with E-state index in [1.54, 1.807) is 0 Å². The highest BCUT2D eigenvalue weighted by Gasteiger charge is 2.23. The van der Waals surface area contributed by atoms with E-state index < -0.39 is 0 Å². The van der Waals surface area contributed by atoms with Crippen molar-refractivity contribution in [3.63, 3.8) is 0 Å². The molecule has 1 aliphatic heterocycles. The third-order valence-electron chi connectivity index (χ3n) is 3.21. The maximum atomic E-state index is 9.04. The third kappa shape index (κ3) is 3.19. The van der Waals surface area contributed by atoms with Gasteiger partial charge in [-0.25, -0.2) is 0 Å². The molecule has 1 aliphatic rings. The Morgan fingerprint density at radius 2 is 1.94 bits per heavy atom. The van der Waals surface area contributed by atoms with Crippen molar-refractivity contribution in [3.8, 4) is 6.07 Å². The number of hydrogen-bond acceptors (Lipinski definition) is 3. The molecular formula is C13H17ClN2O. The zero-order valence-electron chi connectivity index (χ0n) is 9.63. The van der Waals surface area contributed by atoms with Gasteiger partial charge in [-0.3, -0.25) is 0 Å². The molecule has 1 fully saturated rings. The highest BCUT2D eigenvalue weighted by Crippen LogP contribution is 2.29. The molecule has 4 heteroatoms. The Labute approximate surface area is 108 Å². The fraction of sp³-hybridized carbons (Fsp3) is 0.462. The summed E-state index contributed by atoms with van der Waals surface area (Å²) in [5.74, 6) is 0.434. The zero-order chi connectivity index (χ0) is 11.4. The molecule has 17 heavy (non-hydrogen) atoms. The van der Waals surface area contributed by atoms with Crippen molar-refractivity contribution in [2.24, 2.45) is 11.7 Å². The van der Waals surface area contributed by atoms with Gasteiger partial charge >= 0.3 is 0 Å². The molecule has 0 spiro atoms. The molecule has 1 aromatic rings. The van der Waals surface area contributed by atoms with Gasteiger partial charge in [-0.2, -0.15) is 5.26 Å². The van der Waals surface area contributed by atoms with Crippen molar-refractivity contribution < 1.29 is 4.74 Å². The van der Waals surface area contributed by atoms with Crippen molar-refractivity contribution in [2.45, 2.75) is 18.9 Å². The Kier molecular flexibility index (Phi) is 5.43. The van der Waals surface area contributed by atoms with Gasteiger partial charge in [0, 0.05) is 19.3 Å². The van der Waals surface area contributed by atoms with Crippen LogP contribution in [0, 0.1) is 17.2 Å². The number of hydrogen-bond donors (Lipinski definition) is 1. The summed E-state index contributed by atoms with van der Waals surface area (Å²) in [7, 11) is 0. The molecule has 0 bridgehead atoms. The van der Waals surface area contributed by atoms with E-state index in [-0.39, 0.29) is 18.4 Å². The zero-order valence-corrected chi connectivity index (χ0v) is 10.5. The topological polar surface area (TPSA) is 59.0 Å². The number of rotatable bonds is 2. The molecule has 0 aromatic heterocycles. The fourth-order valence-electron chi connectivity index (χ4n) is 2.22. The van der Waals surface area contributed by atoms with E-state index in [0.29, 0.717) is 11.5 Å². The smallest absolute Gasteiger partial charge is 0.0995 e. The van der Waals surface area contributed by atoms with Crippen molar-refractivity contribution >= 4 is 12.4 Å². The number of ether oxygens (including phenoxy) is 1. The lowest BCUT2D eigenvalue weighted by Gasteiger charge is -2.28. The summed E-state index contributed by atoms with van der Waals surface area (Å²) < 4.78 is 5.32. The van der Waals surface area contributed by atoms with Crippen molar-refractivity contribution in [1.29, 1.82) is 5.26 Å². The highest BCUT2D eigenvalue weighted by atomic mass is 35.5. The van der Waals surface area contributed by atoms with Crippen LogP contribution in [0.4, 0.5) is 0 Å². The molecule has 1 heterocycles. The molecule has 0 saturated carbocycles. The normalized spacial score (nSPS) is 17.9. The molecule has 2 rings (SSSR count). The van der Waals surface area contributed by atoms with E-state index in [4.69, 9.17) is 15.7 Å². The average molecular weight is 253 g/mol. The van der Waals surface area contributed by atoms with Crippen LogP contribution in [0.25, 0.3) is 0 Å². The molecule has 1 aromatic carbocycles. The molecule has 1 atom stereocenters. The average Bonchev–Trinajstić information content (AvgIpc) is 2.39. The third-order valence-corrected chi connectivity index (χ3v) is 3.21. The van der Waals surface area contributed by atoms with E-state index in [9.17, 15) is 0 Å². The number of nitrogens with two attached hydrogens (primary N) is 1. The number of nitriles is 1. The first kappa shape index (κ1) is 14.0. The molecule has 1 saturated heterocycles. The van der Waals surface area contributed by atoms with E-state index in [2.05, 4.69) is 6.07 Å². The van der Waals surface area contributed by atoms with Gasteiger partial charge in [0.15, 0.2) is 0 Å². The molecule has 0 radical (unpaired) electrons. The molecular weight excluding hydrogens is 236 g/mol.